The highest BCUT2D eigenvalue weighted by Gasteiger charge is 2.22. The van der Waals surface area contributed by atoms with Gasteiger partial charge in [0.05, 0.1) is 18.1 Å². The van der Waals surface area contributed by atoms with Gasteiger partial charge in [-0.05, 0) is 30.2 Å². The molecule has 1 aliphatic heterocycles. The van der Waals surface area contributed by atoms with Crippen LogP contribution in [0.1, 0.15) is 17.7 Å². The van der Waals surface area contributed by atoms with Crippen LogP contribution in [0.3, 0.4) is 0 Å². The van der Waals surface area contributed by atoms with Gasteiger partial charge < -0.3 is 10.4 Å². The van der Waals surface area contributed by atoms with Crippen LogP contribution in [0.25, 0.3) is 6.08 Å². The number of benzene rings is 1. The Kier molecular flexibility index (Phi) is 5.35. The summed E-state index contributed by atoms with van der Waals surface area (Å²) in [6, 6.07) is 6.86. The van der Waals surface area contributed by atoms with E-state index in [0.717, 1.165) is 37.7 Å². The zero-order valence-electron chi connectivity index (χ0n) is 13.6. The summed E-state index contributed by atoms with van der Waals surface area (Å²) in [4.78, 5) is 21.2. The van der Waals surface area contributed by atoms with Crippen LogP contribution in [-0.2, 0) is 11.3 Å². The molecule has 2 aromatic rings. The first-order chi connectivity index (χ1) is 12.1. The lowest BCUT2D eigenvalue weighted by atomic mass is 10.2. The smallest absolute Gasteiger partial charge is 0.328 e. The maximum Gasteiger partial charge on any atom is 0.328 e. The molecule has 0 aliphatic carbocycles. The molecule has 2 heterocycles. The van der Waals surface area contributed by atoms with E-state index in [1.165, 1.54) is 24.4 Å². The minimum Gasteiger partial charge on any atom is -0.478 e. The lowest BCUT2D eigenvalue weighted by Gasteiger charge is -2.17. The van der Waals surface area contributed by atoms with Crippen molar-refractivity contribution in [1.29, 1.82) is 0 Å². The van der Waals surface area contributed by atoms with Gasteiger partial charge in [-0.3, -0.25) is 9.88 Å². The van der Waals surface area contributed by atoms with Crippen molar-refractivity contribution in [3.05, 3.63) is 59.8 Å². The summed E-state index contributed by atoms with van der Waals surface area (Å²) >= 11 is 0. The Morgan fingerprint density at radius 1 is 1.32 bits per heavy atom. The summed E-state index contributed by atoms with van der Waals surface area (Å²) in [7, 11) is 0. The van der Waals surface area contributed by atoms with E-state index in [0.29, 0.717) is 11.5 Å². The second-order valence-corrected chi connectivity index (χ2v) is 5.99. The van der Waals surface area contributed by atoms with Gasteiger partial charge in [-0.25, -0.2) is 14.2 Å². The molecule has 0 bridgehead atoms. The zero-order valence-corrected chi connectivity index (χ0v) is 13.6. The van der Waals surface area contributed by atoms with Gasteiger partial charge in [-0.1, -0.05) is 12.1 Å². The Morgan fingerprint density at radius 3 is 2.80 bits per heavy atom. The highest BCUT2D eigenvalue weighted by atomic mass is 19.1. The van der Waals surface area contributed by atoms with Crippen molar-refractivity contribution in [2.45, 2.75) is 19.0 Å². The minimum atomic E-state index is -1.02. The fraction of sp³-hybridized carbons (Fsp3) is 0.278. The van der Waals surface area contributed by atoms with E-state index in [4.69, 9.17) is 5.11 Å². The number of likely N-dealkylation sites (tertiary alicyclic amines) is 1. The molecule has 1 aromatic heterocycles. The molecule has 1 saturated heterocycles. The molecule has 130 valence electrons. The van der Waals surface area contributed by atoms with E-state index in [1.54, 1.807) is 6.20 Å². The number of hydrogen-bond acceptors (Lipinski definition) is 5. The number of carbonyl (C=O) groups is 1. The van der Waals surface area contributed by atoms with Gasteiger partial charge in [0.2, 0.25) is 0 Å². The molecule has 1 atom stereocenters. The third kappa shape index (κ3) is 5.09. The quantitative estimate of drug-likeness (QED) is 0.785. The van der Waals surface area contributed by atoms with Crippen LogP contribution in [0.5, 0.6) is 0 Å². The third-order valence-corrected chi connectivity index (χ3v) is 4.01. The van der Waals surface area contributed by atoms with Gasteiger partial charge in [0.1, 0.15) is 11.6 Å². The number of nitrogens with one attached hydrogen (secondary N) is 1. The number of hydrogen-bond donors (Lipinski definition) is 2. The van der Waals surface area contributed by atoms with Gasteiger partial charge >= 0.3 is 5.97 Å². The fourth-order valence-electron chi connectivity index (χ4n) is 2.81. The van der Waals surface area contributed by atoms with E-state index >= 15 is 0 Å². The van der Waals surface area contributed by atoms with Crippen LogP contribution >= 0.6 is 0 Å². The largest absolute Gasteiger partial charge is 0.478 e. The van der Waals surface area contributed by atoms with Crippen LogP contribution in [0.4, 0.5) is 10.2 Å². The first-order valence-corrected chi connectivity index (χ1v) is 8.05. The van der Waals surface area contributed by atoms with Crippen molar-refractivity contribution in [1.82, 2.24) is 14.9 Å². The molecule has 1 aromatic carbocycles. The second-order valence-electron chi connectivity index (χ2n) is 5.99. The van der Waals surface area contributed by atoms with Crippen molar-refractivity contribution in [3.63, 3.8) is 0 Å². The molecule has 0 unspecified atom stereocenters. The minimum absolute atomic E-state index is 0.218. The Labute approximate surface area is 145 Å². The molecule has 2 N–H and O–H groups in total. The van der Waals surface area contributed by atoms with Crippen LogP contribution < -0.4 is 5.32 Å². The standard InChI is InChI=1S/C18H19FN4O2/c19-14-3-1-13(2-4-14)11-23-8-7-16(12-23)22-17-10-20-15(9-21-17)5-6-18(24)25/h1-6,9-10,16H,7-8,11-12H2,(H,21,22)(H,24,25)/b6-5+/t16-/m1/s1. The fourth-order valence-corrected chi connectivity index (χ4v) is 2.81. The molecular weight excluding hydrogens is 323 g/mol. The normalized spacial score (nSPS) is 17.9. The molecule has 3 rings (SSSR count). The molecule has 0 saturated carbocycles. The van der Waals surface area contributed by atoms with E-state index in [1.807, 2.05) is 12.1 Å². The highest BCUT2D eigenvalue weighted by Crippen LogP contribution is 2.17. The number of aliphatic carboxylic acids is 1. The lowest BCUT2D eigenvalue weighted by molar-refractivity contribution is -0.131. The Balaban J connectivity index is 1.51. The van der Waals surface area contributed by atoms with Crippen LogP contribution in [-0.4, -0.2) is 45.1 Å². The number of aromatic nitrogens is 2. The van der Waals surface area contributed by atoms with E-state index in [9.17, 15) is 9.18 Å². The van der Waals surface area contributed by atoms with Gasteiger partial charge in [0.25, 0.3) is 0 Å². The predicted molar refractivity (Wildman–Crippen MR) is 92.4 cm³/mol. The molecule has 0 amide bonds. The SMILES string of the molecule is O=C(O)/C=C/c1cnc(N[C@@H]2CCN(Cc3ccc(F)cc3)C2)cn1. The van der Waals surface area contributed by atoms with E-state index < -0.39 is 5.97 Å². The number of nitrogens with zero attached hydrogens (tertiary/aromatic N) is 3. The molecule has 0 spiro atoms. The van der Waals surface area contributed by atoms with E-state index in [2.05, 4.69) is 20.2 Å². The maximum atomic E-state index is 13.0. The zero-order chi connectivity index (χ0) is 17.6. The lowest BCUT2D eigenvalue weighted by Crippen LogP contribution is -2.26. The van der Waals surface area contributed by atoms with Crippen molar-refractivity contribution in [3.8, 4) is 0 Å². The predicted octanol–water partition coefficient (Wildman–Crippen LogP) is 2.40. The van der Waals surface area contributed by atoms with Crippen molar-refractivity contribution >= 4 is 17.9 Å². The molecule has 1 aliphatic rings. The molecule has 7 heteroatoms. The molecule has 0 radical (unpaired) electrons. The third-order valence-electron chi connectivity index (χ3n) is 4.01. The van der Waals surface area contributed by atoms with Gasteiger partial charge in [-0.15, -0.1) is 0 Å². The topological polar surface area (TPSA) is 78.3 Å². The Bertz CT molecular complexity index is 747. The Morgan fingerprint density at radius 2 is 2.12 bits per heavy atom. The maximum absolute atomic E-state index is 13.0. The number of anilines is 1. The van der Waals surface area contributed by atoms with Gasteiger partial charge in [-0.2, -0.15) is 0 Å². The average Bonchev–Trinajstić information content (AvgIpc) is 3.03. The van der Waals surface area contributed by atoms with Crippen LogP contribution in [0.2, 0.25) is 0 Å². The van der Waals surface area contributed by atoms with Gasteiger partial charge in [0, 0.05) is 31.8 Å². The molecule has 25 heavy (non-hydrogen) atoms. The Hall–Kier alpha value is -2.80. The first kappa shape index (κ1) is 17.0. The summed E-state index contributed by atoms with van der Waals surface area (Å²) in [6.45, 7) is 2.63. The number of carboxylic acids is 1. The number of halogens is 1. The summed E-state index contributed by atoms with van der Waals surface area (Å²) in [5.41, 5.74) is 1.59. The monoisotopic (exact) mass is 342 g/mol. The van der Waals surface area contributed by atoms with Crippen molar-refractivity contribution in [2.75, 3.05) is 18.4 Å². The molecule has 1 fully saturated rings. The van der Waals surface area contributed by atoms with Crippen molar-refractivity contribution < 1.29 is 14.3 Å². The molecule has 6 nitrogen and oxygen atoms in total. The summed E-state index contributed by atoms with van der Waals surface area (Å²) in [5.74, 6) is -0.567. The van der Waals surface area contributed by atoms with Crippen LogP contribution in [0, 0.1) is 5.82 Å². The second kappa shape index (κ2) is 7.85. The molecular formula is C18H19FN4O2. The number of rotatable bonds is 6. The summed E-state index contributed by atoms with van der Waals surface area (Å²) in [5, 5.41) is 11.9. The summed E-state index contributed by atoms with van der Waals surface area (Å²) < 4.78 is 13.0. The highest BCUT2D eigenvalue weighted by molar-refractivity contribution is 5.84. The summed E-state index contributed by atoms with van der Waals surface area (Å²) in [6.07, 6.45) is 6.56. The van der Waals surface area contributed by atoms with Crippen LogP contribution in [0.15, 0.2) is 42.7 Å². The van der Waals surface area contributed by atoms with Gasteiger partial charge in [0.15, 0.2) is 0 Å². The van der Waals surface area contributed by atoms with Crippen molar-refractivity contribution in [2.24, 2.45) is 0 Å². The average molecular weight is 342 g/mol. The first-order valence-electron chi connectivity index (χ1n) is 8.05. The number of carboxylic acid groups (broad SMARTS) is 1. The van der Waals surface area contributed by atoms with E-state index in [-0.39, 0.29) is 11.9 Å².